The van der Waals surface area contributed by atoms with Gasteiger partial charge in [0, 0.05) is 43.0 Å². The monoisotopic (exact) mass is 1020 g/mol. The summed E-state index contributed by atoms with van der Waals surface area (Å²) in [6, 6.07) is 69.1. The Labute approximate surface area is 446 Å². The molecule has 3 atom stereocenters. The highest BCUT2D eigenvalue weighted by atomic mass is 31.2. The van der Waals surface area contributed by atoms with E-state index in [2.05, 4.69) is 204 Å². The van der Waals surface area contributed by atoms with Crippen molar-refractivity contribution in [3.63, 3.8) is 0 Å². The molecule has 0 amide bonds. The van der Waals surface area contributed by atoms with Crippen LogP contribution in [0.15, 0.2) is 212 Å². The van der Waals surface area contributed by atoms with Crippen molar-refractivity contribution in [3.8, 4) is 66.8 Å². The number of allylic oxidation sites excluding steroid dienone is 4. The highest BCUT2D eigenvalue weighted by Gasteiger charge is 2.48. The molecule has 0 N–H and O–H groups in total. The molecule has 0 saturated carbocycles. The van der Waals surface area contributed by atoms with E-state index < -0.39 is 14.3 Å². The molecule has 10 aromatic carbocycles. The fourth-order valence-corrected chi connectivity index (χ4v) is 22.0. The third kappa shape index (κ3) is 5.80. The van der Waals surface area contributed by atoms with Gasteiger partial charge in [0.15, 0.2) is 14.3 Å². The van der Waals surface area contributed by atoms with Crippen molar-refractivity contribution >= 4 is 62.4 Å². The quantitative estimate of drug-likeness (QED) is 0.112. The number of benzene rings is 10. The largest absolute Gasteiger partial charge is 0.313 e. The van der Waals surface area contributed by atoms with Crippen LogP contribution < -0.4 is 26.5 Å². The van der Waals surface area contributed by atoms with Crippen LogP contribution in [0.3, 0.4) is 0 Å². The number of fused-ring (bicyclic) bond motifs is 14. The van der Waals surface area contributed by atoms with Crippen LogP contribution in [-0.4, -0.2) is 5.66 Å². The number of hydrogen-bond acceptors (Lipinski definition) is 2. The summed E-state index contributed by atoms with van der Waals surface area (Å²) >= 11 is 0. The maximum atomic E-state index is 16.2. The summed E-state index contributed by atoms with van der Waals surface area (Å²) < 4.78 is 32.1. The molecule has 2 unspecified atom stereocenters. The van der Waals surface area contributed by atoms with Crippen LogP contribution in [-0.2, 0) is 20.0 Å². The number of rotatable bonds is 8. The van der Waals surface area contributed by atoms with Crippen LogP contribution in [0.1, 0.15) is 82.1 Å². The molecule has 2 aliphatic heterocycles. The van der Waals surface area contributed by atoms with E-state index in [0.717, 1.165) is 108 Å². The van der Waals surface area contributed by atoms with Gasteiger partial charge < -0.3 is 9.13 Å². The van der Waals surface area contributed by atoms with Crippen molar-refractivity contribution in [2.24, 2.45) is 0 Å². The van der Waals surface area contributed by atoms with Crippen LogP contribution in [0, 0.1) is 0 Å². The Morgan fingerprint density at radius 1 is 0.395 bits per heavy atom. The van der Waals surface area contributed by atoms with Crippen molar-refractivity contribution in [1.82, 2.24) is 0 Å². The lowest BCUT2D eigenvalue weighted by atomic mass is 9.71. The fraction of sp³-hybridized carbons (Fsp3) is 0.167. The zero-order valence-corrected chi connectivity index (χ0v) is 45.3. The maximum Gasteiger partial charge on any atom is 0.172 e. The molecule has 368 valence electrons. The van der Waals surface area contributed by atoms with Crippen LogP contribution in [0.2, 0.25) is 0 Å². The maximum absolute atomic E-state index is 16.2. The highest BCUT2D eigenvalue weighted by Crippen LogP contribution is 2.63. The fourth-order valence-electron chi connectivity index (χ4n) is 15.5. The Hall–Kier alpha value is -7.34. The molecule has 76 heavy (non-hydrogen) atoms. The molecule has 0 saturated heterocycles. The van der Waals surface area contributed by atoms with E-state index in [9.17, 15) is 0 Å². The molecule has 0 aromatic heterocycles. The topological polar surface area (TPSA) is 34.1 Å². The molecule has 15 rings (SSSR count). The highest BCUT2D eigenvalue weighted by molar-refractivity contribution is 7.86. The average Bonchev–Trinajstić information content (AvgIpc) is 4.24. The minimum Gasteiger partial charge on any atom is -0.313 e. The SMILES string of the molecule is CCC1(CC)c2ccccc2-c2cc3c(cc21)-c1cc2c(-c4ccc5c(c4)P(=O)(c4ccccc4)c4ccccc4-5)c4ccccc4c(-c4ccc5c(c4)-c4ccccc4[P@]5(=O)C4C=CC=CC4)c2cc1C3(CC)CC. The molecular formula is C72H58O2P2. The summed E-state index contributed by atoms with van der Waals surface area (Å²) in [5.41, 5.74) is 19.6. The van der Waals surface area contributed by atoms with Gasteiger partial charge in [-0.1, -0.05) is 198 Å². The second-order valence-corrected chi connectivity index (χ2v) is 27.7. The first kappa shape index (κ1) is 46.0. The Bertz CT molecular complexity index is 4330. The zero-order chi connectivity index (χ0) is 51.3. The molecule has 4 heteroatoms. The van der Waals surface area contributed by atoms with E-state index in [1.807, 2.05) is 36.4 Å². The van der Waals surface area contributed by atoms with Gasteiger partial charge in [-0.3, -0.25) is 0 Å². The first-order valence-electron chi connectivity index (χ1n) is 27.6. The molecule has 2 nitrogen and oxygen atoms in total. The molecule has 0 bridgehead atoms. The normalized spacial score (nSPS) is 20.2. The van der Waals surface area contributed by atoms with E-state index in [0.29, 0.717) is 0 Å². The van der Waals surface area contributed by atoms with Gasteiger partial charge in [0.2, 0.25) is 0 Å². The third-order valence-corrected chi connectivity index (χ3v) is 25.9. The minimum atomic E-state index is -3.25. The van der Waals surface area contributed by atoms with Gasteiger partial charge >= 0.3 is 0 Å². The van der Waals surface area contributed by atoms with Gasteiger partial charge in [0.25, 0.3) is 0 Å². The van der Waals surface area contributed by atoms with Crippen molar-refractivity contribution in [1.29, 1.82) is 0 Å². The lowest BCUT2D eigenvalue weighted by Crippen LogP contribution is -2.24. The van der Waals surface area contributed by atoms with Gasteiger partial charge in [-0.05, 0) is 185 Å². The summed E-state index contributed by atoms with van der Waals surface area (Å²) in [7, 11) is -6.26. The van der Waals surface area contributed by atoms with E-state index in [-0.39, 0.29) is 16.5 Å². The Kier molecular flexibility index (Phi) is 10.0. The lowest BCUT2D eigenvalue weighted by molar-refractivity contribution is 0.485. The second-order valence-electron chi connectivity index (χ2n) is 22.0. The molecule has 5 aliphatic rings. The molecular weight excluding hydrogens is 959 g/mol. The first-order chi connectivity index (χ1) is 37.2. The minimum absolute atomic E-state index is 0.0645. The van der Waals surface area contributed by atoms with E-state index in [1.54, 1.807) is 0 Å². The first-order valence-corrected chi connectivity index (χ1v) is 31.1. The molecule has 10 aromatic rings. The van der Waals surface area contributed by atoms with E-state index in [4.69, 9.17) is 0 Å². The molecule has 0 fully saturated rings. The summed E-state index contributed by atoms with van der Waals surface area (Å²) in [5, 5.41) is 9.29. The third-order valence-electron chi connectivity index (χ3n) is 19.2. The molecule has 0 spiro atoms. The van der Waals surface area contributed by atoms with Crippen LogP contribution in [0.25, 0.3) is 88.3 Å². The predicted octanol–water partition coefficient (Wildman–Crippen LogP) is 17.3. The van der Waals surface area contributed by atoms with Gasteiger partial charge in [0.05, 0.1) is 0 Å². The van der Waals surface area contributed by atoms with Crippen LogP contribution in [0.5, 0.6) is 0 Å². The second kappa shape index (κ2) is 16.6. The van der Waals surface area contributed by atoms with Crippen molar-refractivity contribution in [3.05, 3.63) is 235 Å². The van der Waals surface area contributed by atoms with Gasteiger partial charge in [-0.2, -0.15) is 0 Å². The number of hydrogen-bond donors (Lipinski definition) is 0. The van der Waals surface area contributed by atoms with Crippen molar-refractivity contribution in [2.75, 3.05) is 0 Å². The average molecular weight is 1020 g/mol. The standard InChI is InChI=1S/C72H58O2P2/c1-5-71(6-2)61-32-20-17-27-49(61)56-42-63-57(43-62(56)71)55-41-59-60(44-64(55)72(63,7-3)8-4)69(45-36-38-67-58(39-45)51-29-19-22-34-66(51)75(67,73)47-23-11-9-12-24-47)53-30-15-16-31-54(53)70(59)46-35-37-52-50-28-18-21-33-65(50)76(74,68(52)40-46)48-25-13-10-14-26-48/h9-23,25-44,47H,5-8,24H2,1-4H3/t47?,75-,76?/m1/s1. The Morgan fingerprint density at radius 3 is 1.59 bits per heavy atom. The van der Waals surface area contributed by atoms with Crippen molar-refractivity contribution < 1.29 is 9.13 Å². The van der Waals surface area contributed by atoms with E-state index >= 15 is 9.13 Å². The Balaban J connectivity index is 1.05. The van der Waals surface area contributed by atoms with Gasteiger partial charge in [-0.15, -0.1) is 0 Å². The summed E-state index contributed by atoms with van der Waals surface area (Å²) in [5.74, 6) is 0. The van der Waals surface area contributed by atoms with Gasteiger partial charge in [-0.25, -0.2) is 0 Å². The van der Waals surface area contributed by atoms with Gasteiger partial charge in [0.1, 0.15) is 0 Å². The molecule has 3 aliphatic carbocycles. The lowest BCUT2D eigenvalue weighted by Gasteiger charge is -2.32. The summed E-state index contributed by atoms with van der Waals surface area (Å²) in [6.07, 6.45) is 13.2. The van der Waals surface area contributed by atoms with Crippen molar-refractivity contribution in [2.45, 2.75) is 76.3 Å². The smallest absolute Gasteiger partial charge is 0.172 e. The Morgan fingerprint density at radius 2 is 0.908 bits per heavy atom. The zero-order valence-electron chi connectivity index (χ0n) is 43.5. The molecule has 0 radical (unpaired) electrons. The van der Waals surface area contributed by atoms with E-state index in [1.165, 1.54) is 60.8 Å². The van der Waals surface area contributed by atoms with Crippen LogP contribution >= 0.6 is 14.3 Å². The summed E-state index contributed by atoms with van der Waals surface area (Å²) in [6.45, 7) is 9.53. The van der Waals surface area contributed by atoms with Crippen LogP contribution in [0.4, 0.5) is 0 Å². The molecule has 2 heterocycles. The predicted molar refractivity (Wildman–Crippen MR) is 323 cm³/mol. The summed E-state index contributed by atoms with van der Waals surface area (Å²) in [4.78, 5) is 0.